The molecular weight excluding hydrogens is 444 g/mol. The molecule has 3 aliphatic rings. The molecular formula is C23H34N4O5S. The van der Waals surface area contributed by atoms with Crippen LogP contribution in [0.1, 0.15) is 38.7 Å². The molecule has 0 unspecified atom stereocenters. The van der Waals surface area contributed by atoms with Crippen LogP contribution in [0, 0.1) is 12.8 Å². The van der Waals surface area contributed by atoms with Crippen molar-refractivity contribution in [2.24, 2.45) is 5.92 Å². The van der Waals surface area contributed by atoms with E-state index in [1.165, 1.54) is 10.4 Å². The Labute approximate surface area is 196 Å². The highest BCUT2D eigenvalue weighted by Gasteiger charge is 2.37. The van der Waals surface area contributed by atoms with Gasteiger partial charge >= 0.3 is 0 Å². The quantitative estimate of drug-likeness (QED) is 0.691. The molecule has 2 fully saturated rings. The van der Waals surface area contributed by atoms with Crippen molar-refractivity contribution in [3.63, 3.8) is 0 Å². The predicted octanol–water partition coefficient (Wildman–Crippen LogP) is 1.67. The van der Waals surface area contributed by atoms with E-state index in [0.29, 0.717) is 55.9 Å². The van der Waals surface area contributed by atoms with Crippen LogP contribution in [-0.2, 0) is 19.6 Å². The second-order valence-corrected chi connectivity index (χ2v) is 11.0. The van der Waals surface area contributed by atoms with Crippen LogP contribution in [0.25, 0.3) is 0 Å². The fourth-order valence-corrected chi connectivity index (χ4v) is 6.62. The average molecular weight is 479 g/mol. The largest absolute Gasteiger partial charge is 0.478 e. The van der Waals surface area contributed by atoms with Crippen molar-refractivity contribution in [1.82, 2.24) is 14.1 Å². The van der Waals surface area contributed by atoms with Gasteiger partial charge in [0.1, 0.15) is 5.75 Å². The van der Waals surface area contributed by atoms with Crippen LogP contribution in [0.5, 0.6) is 5.75 Å². The van der Waals surface area contributed by atoms with Gasteiger partial charge in [0.2, 0.25) is 15.9 Å². The van der Waals surface area contributed by atoms with Crippen molar-refractivity contribution in [3.05, 3.63) is 17.7 Å². The van der Waals surface area contributed by atoms with Crippen LogP contribution >= 0.6 is 0 Å². The van der Waals surface area contributed by atoms with Gasteiger partial charge in [0.15, 0.2) is 6.10 Å². The number of carbonyl (C=O) groups excluding carboxylic acids is 2. The van der Waals surface area contributed by atoms with Gasteiger partial charge in [-0.2, -0.15) is 4.31 Å². The lowest BCUT2D eigenvalue weighted by Crippen LogP contribution is -2.52. The first-order valence-corrected chi connectivity index (χ1v) is 13.3. The van der Waals surface area contributed by atoms with E-state index < -0.39 is 16.1 Å². The van der Waals surface area contributed by atoms with Gasteiger partial charge < -0.3 is 19.9 Å². The fourth-order valence-electron chi connectivity index (χ4n) is 4.88. The number of aryl methyl sites for hydroxylation is 1. The van der Waals surface area contributed by atoms with Crippen LogP contribution in [0.2, 0.25) is 0 Å². The van der Waals surface area contributed by atoms with Crippen molar-refractivity contribution in [2.45, 2.75) is 51.0 Å². The van der Waals surface area contributed by atoms with Gasteiger partial charge in [-0.15, -0.1) is 0 Å². The molecule has 0 radical (unpaired) electrons. The van der Waals surface area contributed by atoms with E-state index in [1.807, 2.05) is 11.8 Å². The van der Waals surface area contributed by atoms with Gasteiger partial charge in [-0.3, -0.25) is 9.59 Å². The van der Waals surface area contributed by atoms with Crippen LogP contribution in [0.15, 0.2) is 17.0 Å². The molecule has 1 N–H and O–H groups in total. The molecule has 0 aliphatic carbocycles. The number of nitrogens with one attached hydrogen (secondary N) is 1. The molecule has 2 atom stereocenters. The summed E-state index contributed by atoms with van der Waals surface area (Å²) in [5.41, 5.74) is 1.02. The summed E-state index contributed by atoms with van der Waals surface area (Å²) in [6.07, 6.45) is 1.21. The molecule has 1 aromatic rings. The minimum Gasteiger partial charge on any atom is -0.478 e. The van der Waals surface area contributed by atoms with E-state index in [4.69, 9.17) is 4.74 Å². The Bertz CT molecular complexity index is 1020. The minimum absolute atomic E-state index is 0.0599. The maximum absolute atomic E-state index is 13.6. The minimum atomic E-state index is -3.81. The van der Waals surface area contributed by atoms with Gasteiger partial charge in [-0.1, -0.05) is 13.8 Å². The van der Waals surface area contributed by atoms with Crippen molar-refractivity contribution in [1.29, 1.82) is 0 Å². The first kappa shape index (κ1) is 24.0. The smallest absolute Gasteiger partial charge is 0.265 e. The first-order chi connectivity index (χ1) is 15.7. The topological polar surface area (TPSA) is 99.3 Å². The molecule has 1 aromatic carbocycles. The number of piperazine rings is 1. The van der Waals surface area contributed by atoms with Crippen LogP contribution in [-0.4, -0.2) is 86.3 Å². The number of benzene rings is 1. The zero-order chi connectivity index (χ0) is 23.8. The second-order valence-electron chi connectivity index (χ2n) is 9.08. The number of sulfonamides is 1. The Morgan fingerprint density at radius 2 is 1.88 bits per heavy atom. The van der Waals surface area contributed by atoms with Gasteiger partial charge in [-0.25, -0.2) is 8.42 Å². The third-order valence-corrected chi connectivity index (χ3v) is 8.96. The van der Waals surface area contributed by atoms with E-state index in [2.05, 4.69) is 17.1 Å². The number of hydrogen-bond donors (Lipinski definition) is 1. The lowest BCUT2D eigenvalue weighted by Gasteiger charge is -2.38. The second kappa shape index (κ2) is 9.60. The summed E-state index contributed by atoms with van der Waals surface area (Å²) in [7, 11) is -3.81. The van der Waals surface area contributed by atoms with Crippen molar-refractivity contribution < 1.29 is 22.7 Å². The number of nitrogens with zero attached hydrogens (tertiary/aromatic N) is 3. The zero-order valence-electron chi connectivity index (χ0n) is 19.7. The molecule has 33 heavy (non-hydrogen) atoms. The lowest BCUT2D eigenvalue weighted by molar-refractivity contribution is -0.138. The van der Waals surface area contributed by atoms with Crippen molar-refractivity contribution in [3.8, 4) is 5.75 Å². The number of ether oxygens (including phenoxy) is 1. The van der Waals surface area contributed by atoms with Gasteiger partial charge in [0.25, 0.3) is 5.91 Å². The SMILES string of the molecule is CC[C@@H]1Oc2cc(S(=O)(=O)N3CCC[C@H](C(=O)N4CCN(CC)CC4)C3)c(C)cc2NC1=O. The monoisotopic (exact) mass is 478 g/mol. The Kier molecular flexibility index (Phi) is 6.97. The van der Waals surface area contributed by atoms with E-state index >= 15 is 0 Å². The molecule has 2 saturated heterocycles. The first-order valence-electron chi connectivity index (χ1n) is 11.9. The highest BCUT2D eigenvalue weighted by molar-refractivity contribution is 7.89. The number of piperidine rings is 1. The molecule has 182 valence electrons. The number of hydrogen-bond acceptors (Lipinski definition) is 6. The number of rotatable bonds is 5. The summed E-state index contributed by atoms with van der Waals surface area (Å²) in [6.45, 7) is 10.3. The molecule has 2 amide bonds. The maximum atomic E-state index is 13.6. The van der Waals surface area contributed by atoms with E-state index in [1.54, 1.807) is 13.0 Å². The standard InChI is InChI=1S/C23H34N4O5S/c1-4-19-22(28)24-18-13-16(3)21(14-20(18)32-19)33(30,31)27-8-6-7-17(15-27)23(29)26-11-9-25(5-2)10-12-26/h13-14,17,19H,4-12,15H2,1-3H3,(H,24,28)/t17-,19-/m0/s1. The molecule has 10 heteroatoms. The van der Waals surface area contributed by atoms with Gasteiger partial charge in [0, 0.05) is 45.3 Å². The summed E-state index contributed by atoms with van der Waals surface area (Å²) >= 11 is 0. The van der Waals surface area contributed by atoms with E-state index in [0.717, 1.165) is 19.6 Å². The summed E-state index contributed by atoms with van der Waals surface area (Å²) in [5.74, 6) is -0.120. The molecule has 0 bridgehead atoms. The molecule has 3 aliphatic heterocycles. The summed E-state index contributed by atoms with van der Waals surface area (Å²) in [4.78, 5) is 29.6. The predicted molar refractivity (Wildman–Crippen MR) is 125 cm³/mol. The van der Waals surface area contributed by atoms with Crippen molar-refractivity contribution in [2.75, 3.05) is 51.1 Å². The number of likely N-dealkylation sites (N-methyl/N-ethyl adjacent to an activating group) is 1. The maximum Gasteiger partial charge on any atom is 0.265 e. The third kappa shape index (κ3) is 4.74. The third-order valence-electron chi connectivity index (χ3n) is 6.95. The Balaban J connectivity index is 1.52. The average Bonchev–Trinajstić information content (AvgIpc) is 2.83. The number of anilines is 1. The molecule has 0 aromatic heterocycles. The number of carbonyl (C=O) groups is 2. The summed E-state index contributed by atoms with van der Waals surface area (Å²) in [5, 5.41) is 2.80. The summed E-state index contributed by atoms with van der Waals surface area (Å²) < 4.78 is 34.4. The Morgan fingerprint density at radius 3 is 2.55 bits per heavy atom. The van der Waals surface area contributed by atoms with Crippen molar-refractivity contribution >= 4 is 27.5 Å². The number of fused-ring (bicyclic) bond motifs is 1. The van der Waals surface area contributed by atoms with Crippen LogP contribution in [0.3, 0.4) is 0 Å². The molecule has 3 heterocycles. The Hall–Kier alpha value is -2.17. The summed E-state index contributed by atoms with van der Waals surface area (Å²) in [6, 6.07) is 3.16. The van der Waals surface area contributed by atoms with E-state index in [9.17, 15) is 18.0 Å². The van der Waals surface area contributed by atoms with Gasteiger partial charge in [0.05, 0.1) is 16.5 Å². The van der Waals surface area contributed by atoms with Gasteiger partial charge in [-0.05, 0) is 44.4 Å². The lowest BCUT2D eigenvalue weighted by atomic mass is 9.98. The Morgan fingerprint density at radius 1 is 1.15 bits per heavy atom. The number of amides is 2. The van der Waals surface area contributed by atoms with E-state index in [-0.39, 0.29) is 29.2 Å². The van der Waals surface area contributed by atoms with Crippen LogP contribution < -0.4 is 10.1 Å². The normalized spacial score (nSPS) is 24.7. The highest BCUT2D eigenvalue weighted by atomic mass is 32.2. The van der Waals surface area contributed by atoms with Crippen LogP contribution in [0.4, 0.5) is 5.69 Å². The zero-order valence-corrected chi connectivity index (χ0v) is 20.5. The fraction of sp³-hybridized carbons (Fsp3) is 0.652. The molecule has 0 spiro atoms. The highest BCUT2D eigenvalue weighted by Crippen LogP contribution is 2.36. The molecule has 4 rings (SSSR count). The molecule has 9 nitrogen and oxygen atoms in total. The molecule has 0 saturated carbocycles.